The molecule has 1 saturated carbocycles. The number of hydrogen-bond donors (Lipinski definition) is 2. The number of nitrogens with one attached hydrogen (secondary N) is 1. The van der Waals surface area contributed by atoms with Gasteiger partial charge in [0.25, 0.3) is 0 Å². The number of aryl methyl sites for hydroxylation is 1. The third-order valence-electron chi connectivity index (χ3n) is 5.47. The smallest absolute Gasteiger partial charge is 0.224 e. The van der Waals surface area contributed by atoms with Crippen molar-refractivity contribution >= 4 is 30.7 Å². The van der Waals surface area contributed by atoms with Crippen LogP contribution in [0.25, 0.3) is 0 Å². The van der Waals surface area contributed by atoms with Crippen molar-refractivity contribution in [3.63, 3.8) is 0 Å². The van der Waals surface area contributed by atoms with Gasteiger partial charge in [0.15, 0.2) is 5.82 Å². The highest BCUT2D eigenvalue weighted by Crippen LogP contribution is 2.32. The third kappa shape index (κ3) is 4.86. The molecule has 1 aliphatic carbocycles. The zero-order chi connectivity index (χ0) is 16.2. The van der Waals surface area contributed by atoms with Gasteiger partial charge in [-0.05, 0) is 44.6 Å². The lowest BCUT2D eigenvalue weighted by Crippen LogP contribution is -2.38. The van der Waals surface area contributed by atoms with Gasteiger partial charge in [-0.1, -0.05) is 19.8 Å². The van der Waals surface area contributed by atoms with Crippen LogP contribution in [0.1, 0.15) is 69.6 Å². The van der Waals surface area contributed by atoms with Crippen LogP contribution in [0.2, 0.25) is 0 Å². The zero-order valence-corrected chi connectivity index (χ0v) is 16.6. The van der Waals surface area contributed by atoms with Crippen LogP contribution >= 0.6 is 24.8 Å². The lowest BCUT2D eigenvalue weighted by molar-refractivity contribution is -0.126. The van der Waals surface area contributed by atoms with Gasteiger partial charge in [-0.15, -0.1) is 35.0 Å². The lowest BCUT2D eigenvalue weighted by Gasteiger charge is -2.22. The molecule has 8 heteroatoms. The molecule has 0 spiro atoms. The second-order valence-electron chi connectivity index (χ2n) is 6.94. The molecule has 6 nitrogen and oxygen atoms in total. The molecule has 3 N–H and O–H groups in total. The molecule has 144 valence electrons. The summed E-state index contributed by atoms with van der Waals surface area (Å²) in [5.41, 5.74) is 5.82. The SMILES string of the molecule is CCC(NC(=O)[C@@H]1CCC[C@@H]1CN)c1nnc2n1CCCCC2.Cl.Cl. The number of amides is 1. The Kier molecular flexibility index (Phi) is 9.17. The molecule has 25 heavy (non-hydrogen) atoms. The Morgan fingerprint density at radius 1 is 1.24 bits per heavy atom. The van der Waals surface area contributed by atoms with Gasteiger partial charge in [-0.25, -0.2) is 0 Å². The van der Waals surface area contributed by atoms with Gasteiger partial charge in [-0.3, -0.25) is 4.79 Å². The summed E-state index contributed by atoms with van der Waals surface area (Å²) in [5.74, 6) is 2.56. The predicted molar refractivity (Wildman–Crippen MR) is 103 cm³/mol. The first-order valence-corrected chi connectivity index (χ1v) is 9.17. The zero-order valence-electron chi connectivity index (χ0n) is 14.9. The van der Waals surface area contributed by atoms with E-state index in [0.717, 1.165) is 50.3 Å². The fraction of sp³-hybridized carbons (Fsp3) is 0.824. The van der Waals surface area contributed by atoms with E-state index in [4.69, 9.17) is 5.73 Å². The van der Waals surface area contributed by atoms with Crippen LogP contribution in [0.3, 0.4) is 0 Å². The van der Waals surface area contributed by atoms with E-state index in [1.165, 1.54) is 19.3 Å². The highest BCUT2D eigenvalue weighted by Gasteiger charge is 2.33. The maximum Gasteiger partial charge on any atom is 0.224 e. The van der Waals surface area contributed by atoms with E-state index in [1.54, 1.807) is 0 Å². The van der Waals surface area contributed by atoms with Gasteiger partial charge in [0, 0.05) is 18.9 Å². The van der Waals surface area contributed by atoms with Crippen LogP contribution in [0.5, 0.6) is 0 Å². The van der Waals surface area contributed by atoms with Crippen molar-refractivity contribution in [2.75, 3.05) is 6.54 Å². The highest BCUT2D eigenvalue weighted by molar-refractivity contribution is 5.85. The molecule has 3 atom stereocenters. The second kappa shape index (κ2) is 10.3. The summed E-state index contributed by atoms with van der Waals surface area (Å²) in [6.45, 7) is 3.67. The van der Waals surface area contributed by atoms with E-state index in [9.17, 15) is 4.79 Å². The van der Waals surface area contributed by atoms with Gasteiger partial charge in [0.05, 0.1) is 6.04 Å². The lowest BCUT2D eigenvalue weighted by atomic mass is 9.95. The summed E-state index contributed by atoms with van der Waals surface area (Å²) in [4.78, 5) is 12.7. The molecular formula is C17H31Cl2N5O. The summed E-state index contributed by atoms with van der Waals surface area (Å²) < 4.78 is 2.23. The van der Waals surface area contributed by atoms with Crippen molar-refractivity contribution in [2.45, 2.75) is 70.9 Å². The van der Waals surface area contributed by atoms with Crippen LogP contribution in [-0.2, 0) is 17.8 Å². The van der Waals surface area contributed by atoms with Gasteiger partial charge < -0.3 is 15.6 Å². The monoisotopic (exact) mass is 391 g/mol. The topological polar surface area (TPSA) is 85.8 Å². The molecule has 3 rings (SSSR count). The Labute approximate surface area is 162 Å². The fourth-order valence-electron chi connectivity index (χ4n) is 4.06. The molecule has 1 aliphatic heterocycles. The largest absolute Gasteiger partial charge is 0.346 e. The average molecular weight is 392 g/mol. The number of rotatable bonds is 5. The first kappa shape index (κ1) is 22.2. The van der Waals surface area contributed by atoms with Gasteiger partial charge in [0.1, 0.15) is 5.82 Å². The Morgan fingerprint density at radius 3 is 2.76 bits per heavy atom. The van der Waals surface area contributed by atoms with Crippen molar-refractivity contribution in [1.82, 2.24) is 20.1 Å². The molecular weight excluding hydrogens is 361 g/mol. The highest BCUT2D eigenvalue weighted by atomic mass is 35.5. The van der Waals surface area contributed by atoms with Crippen molar-refractivity contribution in [1.29, 1.82) is 0 Å². The molecule has 2 heterocycles. The minimum Gasteiger partial charge on any atom is -0.346 e. The summed E-state index contributed by atoms with van der Waals surface area (Å²) in [5, 5.41) is 12.0. The van der Waals surface area contributed by atoms with E-state index in [1.807, 2.05) is 0 Å². The Hall–Kier alpha value is -0.850. The number of aromatic nitrogens is 3. The number of carbonyl (C=O) groups is 1. The molecule has 0 radical (unpaired) electrons. The maximum atomic E-state index is 12.7. The normalized spacial score (nSPS) is 23.6. The molecule has 1 amide bonds. The van der Waals surface area contributed by atoms with E-state index in [-0.39, 0.29) is 42.7 Å². The molecule has 1 aromatic rings. The molecule has 1 unspecified atom stereocenters. The van der Waals surface area contributed by atoms with Crippen molar-refractivity contribution in [3.8, 4) is 0 Å². The number of halogens is 2. The van der Waals surface area contributed by atoms with Crippen LogP contribution in [0, 0.1) is 11.8 Å². The first-order valence-electron chi connectivity index (χ1n) is 9.17. The average Bonchev–Trinajstić information content (AvgIpc) is 3.13. The second-order valence-corrected chi connectivity index (χ2v) is 6.94. The first-order chi connectivity index (χ1) is 11.2. The van der Waals surface area contributed by atoms with E-state index < -0.39 is 0 Å². The summed E-state index contributed by atoms with van der Waals surface area (Å²) in [7, 11) is 0. The Morgan fingerprint density at radius 2 is 2.04 bits per heavy atom. The van der Waals surface area contributed by atoms with E-state index in [2.05, 4.69) is 27.0 Å². The molecule has 0 bridgehead atoms. The number of carbonyl (C=O) groups excluding carboxylic acids is 1. The Balaban J connectivity index is 0.00000156. The molecule has 1 aromatic heterocycles. The van der Waals surface area contributed by atoms with Crippen molar-refractivity contribution in [3.05, 3.63) is 11.6 Å². The summed E-state index contributed by atoms with van der Waals surface area (Å²) in [6, 6.07) is -0.0409. The van der Waals surface area contributed by atoms with Gasteiger partial charge >= 0.3 is 0 Å². The minimum absolute atomic E-state index is 0. The number of nitrogens with zero attached hydrogens (tertiary/aromatic N) is 3. The third-order valence-corrected chi connectivity index (χ3v) is 5.47. The predicted octanol–water partition coefficient (Wildman–Crippen LogP) is 2.79. The van der Waals surface area contributed by atoms with Crippen molar-refractivity contribution in [2.24, 2.45) is 17.6 Å². The van der Waals surface area contributed by atoms with Crippen LogP contribution in [0.4, 0.5) is 0 Å². The quantitative estimate of drug-likeness (QED) is 0.807. The van der Waals surface area contributed by atoms with Crippen LogP contribution in [-0.4, -0.2) is 27.2 Å². The number of hydrogen-bond acceptors (Lipinski definition) is 4. The minimum atomic E-state index is -0.0409. The molecule has 0 aromatic carbocycles. The summed E-state index contributed by atoms with van der Waals surface area (Å²) >= 11 is 0. The van der Waals surface area contributed by atoms with Crippen LogP contribution in [0.15, 0.2) is 0 Å². The van der Waals surface area contributed by atoms with E-state index >= 15 is 0 Å². The maximum absolute atomic E-state index is 12.7. The van der Waals surface area contributed by atoms with Gasteiger partial charge in [-0.2, -0.15) is 0 Å². The Bertz CT molecular complexity index is 551. The summed E-state index contributed by atoms with van der Waals surface area (Å²) in [6.07, 6.45) is 8.57. The molecule has 1 fully saturated rings. The standard InChI is InChI=1S/C17H29N5O.2ClH/c1-2-14(19-17(23)13-8-6-7-12(13)11-18)16-21-20-15-9-4-3-5-10-22(15)16;;/h12-14H,2-11,18H2,1H3,(H,19,23);2*1H/t12-,13-,14?;;/m1../s1. The number of nitrogens with two attached hydrogens (primary N) is 1. The van der Waals surface area contributed by atoms with Crippen molar-refractivity contribution < 1.29 is 4.79 Å². The van der Waals surface area contributed by atoms with E-state index in [0.29, 0.717) is 12.5 Å². The molecule has 2 aliphatic rings. The number of fused-ring (bicyclic) bond motifs is 1. The fourth-order valence-corrected chi connectivity index (χ4v) is 4.06. The molecule has 0 saturated heterocycles. The van der Waals surface area contributed by atoms with Crippen LogP contribution < -0.4 is 11.1 Å². The van der Waals surface area contributed by atoms with Gasteiger partial charge in [0.2, 0.25) is 5.91 Å².